The van der Waals surface area contributed by atoms with Crippen LogP contribution in [0.1, 0.15) is 25.7 Å². The highest BCUT2D eigenvalue weighted by molar-refractivity contribution is 7.91. The minimum atomic E-state index is -3.93. The van der Waals surface area contributed by atoms with Crippen molar-refractivity contribution in [3.05, 3.63) is 16.2 Å². The topological polar surface area (TPSA) is 148 Å². The minimum absolute atomic E-state index is 0.0374. The van der Waals surface area contributed by atoms with Crippen LogP contribution in [0, 0.1) is 10.1 Å². The Morgan fingerprint density at radius 3 is 2.62 bits per heavy atom. The van der Waals surface area contributed by atoms with Crippen LogP contribution in [0.5, 0.6) is 0 Å². The smallest absolute Gasteiger partial charge is 0.306 e. The number of nitrogen functional groups attached to an aromatic ring is 1. The molecule has 0 spiro atoms. The molecule has 2 rings (SSSR count). The van der Waals surface area contributed by atoms with Crippen molar-refractivity contribution in [1.29, 1.82) is 0 Å². The van der Waals surface area contributed by atoms with Gasteiger partial charge >= 0.3 is 5.69 Å². The quantitative estimate of drug-likeness (QED) is 0.348. The highest BCUT2D eigenvalue weighted by atomic mass is 32.2. The SMILES string of the molecule is NNc1sc(S(=O)(=O)NC2CCCCC2O)cc1[N+](=O)[O-]. The maximum absolute atomic E-state index is 12.2. The summed E-state index contributed by atoms with van der Waals surface area (Å²) in [5.74, 6) is 5.15. The molecule has 1 aromatic rings. The van der Waals surface area contributed by atoms with E-state index in [0.29, 0.717) is 24.2 Å². The maximum Gasteiger partial charge on any atom is 0.306 e. The molecule has 0 aromatic carbocycles. The van der Waals surface area contributed by atoms with Crippen molar-refractivity contribution in [2.45, 2.75) is 42.0 Å². The third kappa shape index (κ3) is 3.49. The predicted octanol–water partition coefficient (Wildman–Crippen LogP) is 0.524. The molecule has 1 aliphatic carbocycles. The van der Waals surface area contributed by atoms with Crippen molar-refractivity contribution in [1.82, 2.24) is 4.72 Å². The summed E-state index contributed by atoms with van der Waals surface area (Å²) in [7, 11) is -3.93. The Bertz CT molecular complexity index is 629. The van der Waals surface area contributed by atoms with E-state index in [-0.39, 0.29) is 9.21 Å². The van der Waals surface area contributed by atoms with Crippen LogP contribution in [0.3, 0.4) is 0 Å². The fourth-order valence-electron chi connectivity index (χ4n) is 2.24. The van der Waals surface area contributed by atoms with E-state index in [0.717, 1.165) is 18.9 Å². The zero-order valence-electron chi connectivity index (χ0n) is 11.0. The summed E-state index contributed by atoms with van der Waals surface area (Å²) in [4.78, 5) is 10.1. The molecule has 11 heteroatoms. The van der Waals surface area contributed by atoms with Crippen LogP contribution in [0.25, 0.3) is 0 Å². The number of thiophene rings is 1. The molecule has 1 fully saturated rings. The van der Waals surface area contributed by atoms with E-state index < -0.39 is 32.8 Å². The summed E-state index contributed by atoms with van der Waals surface area (Å²) in [6.45, 7) is 0. The largest absolute Gasteiger partial charge is 0.391 e. The molecule has 1 aliphatic rings. The van der Waals surface area contributed by atoms with Crippen molar-refractivity contribution in [3.63, 3.8) is 0 Å². The van der Waals surface area contributed by atoms with Crippen LogP contribution >= 0.6 is 11.3 Å². The van der Waals surface area contributed by atoms with Crippen molar-refractivity contribution < 1.29 is 18.4 Å². The molecule has 118 valence electrons. The van der Waals surface area contributed by atoms with Gasteiger partial charge in [0, 0.05) is 12.1 Å². The number of anilines is 1. The van der Waals surface area contributed by atoms with E-state index in [4.69, 9.17) is 5.84 Å². The van der Waals surface area contributed by atoms with E-state index in [1.807, 2.05) is 0 Å². The molecule has 1 heterocycles. The Hall–Kier alpha value is -1.27. The van der Waals surface area contributed by atoms with E-state index in [2.05, 4.69) is 10.1 Å². The van der Waals surface area contributed by atoms with Crippen molar-refractivity contribution >= 4 is 32.0 Å². The third-order valence-electron chi connectivity index (χ3n) is 3.32. The summed E-state index contributed by atoms with van der Waals surface area (Å²) in [5, 5.41) is 20.6. The number of sulfonamides is 1. The van der Waals surface area contributed by atoms with Gasteiger partial charge in [0.05, 0.1) is 11.0 Å². The van der Waals surface area contributed by atoms with E-state index in [9.17, 15) is 23.6 Å². The maximum atomic E-state index is 12.2. The number of hydrogen-bond acceptors (Lipinski definition) is 8. The average Bonchev–Trinajstić information content (AvgIpc) is 2.86. The lowest BCUT2D eigenvalue weighted by molar-refractivity contribution is -0.383. The van der Waals surface area contributed by atoms with Gasteiger partial charge in [-0.3, -0.25) is 10.1 Å². The van der Waals surface area contributed by atoms with Gasteiger partial charge in [0.15, 0.2) is 5.00 Å². The average molecular weight is 336 g/mol. The monoisotopic (exact) mass is 336 g/mol. The molecule has 0 bridgehead atoms. The number of nitrogens with one attached hydrogen (secondary N) is 2. The number of hydrazine groups is 1. The lowest BCUT2D eigenvalue weighted by atomic mass is 9.93. The summed E-state index contributed by atoms with van der Waals surface area (Å²) in [6, 6.07) is 0.386. The van der Waals surface area contributed by atoms with E-state index in [1.54, 1.807) is 0 Å². The van der Waals surface area contributed by atoms with Gasteiger partial charge in [0.1, 0.15) is 4.21 Å². The van der Waals surface area contributed by atoms with Crippen LogP contribution in [-0.2, 0) is 10.0 Å². The summed E-state index contributed by atoms with van der Waals surface area (Å²) in [6.07, 6.45) is 2.01. The Kier molecular flexibility index (Phi) is 4.78. The molecule has 0 amide bonds. The van der Waals surface area contributed by atoms with Gasteiger partial charge in [0.25, 0.3) is 10.0 Å². The van der Waals surface area contributed by atoms with Crippen molar-refractivity contribution in [2.24, 2.45) is 5.84 Å². The van der Waals surface area contributed by atoms with Gasteiger partial charge in [-0.15, -0.1) is 0 Å². The van der Waals surface area contributed by atoms with Gasteiger partial charge in [-0.2, -0.15) is 0 Å². The molecule has 5 N–H and O–H groups in total. The Balaban J connectivity index is 2.25. The van der Waals surface area contributed by atoms with E-state index in [1.165, 1.54) is 0 Å². The Labute approximate surface area is 125 Å². The molecule has 1 saturated carbocycles. The normalized spacial score (nSPS) is 23.0. The molecular formula is C10H16N4O5S2. The van der Waals surface area contributed by atoms with Gasteiger partial charge in [-0.1, -0.05) is 24.2 Å². The first-order chi connectivity index (χ1) is 9.85. The van der Waals surface area contributed by atoms with Crippen LogP contribution in [0.2, 0.25) is 0 Å². The molecule has 21 heavy (non-hydrogen) atoms. The second kappa shape index (κ2) is 6.23. The van der Waals surface area contributed by atoms with Gasteiger partial charge in [0.2, 0.25) is 0 Å². The first-order valence-electron chi connectivity index (χ1n) is 6.30. The fourth-order valence-corrected chi connectivity index (χ4v) is 4.80. The number of nitrogens with two attached hydrogens (primary N) is 1. The van der Waals surface area contributed by atoms with Crippen LogP contribution in [0.15, 0.2) is 10.3 Å². The number of hydrogen-bond donors (Lipinski definition) is 4. The van der Waals surface area contributed by atoms with Gasteiger partial charge in [-0.25, -0.2) is 19.0 Å². The number of aliphatic hydroxyl groups is 1. The van der Waals surface area contributed by atoms with Gasteiger partial charge < -0.3 is 10.5 Å². The zero-order valence-corrected chi connectivity index (χ0v) is 12.6. The zero-order chi connectivity index (χ0) is 15.6. The van der Waals surface area contributed by atoms with Crippen LogP contribution in [-0.4, -0.2) is 30.6 Å². The highest BCUT2D eigenvalue weighted by Crippen LogP contribution is 2.36. The summed E-state index contributed by atoms with van der Waals surface area (Å²) in [5.41, 5.74) is 1.72. The molecule has 0 aliphatic heterocycles. The fraction of sp³-hybridized carbons (Fsp3) is 0.600. The molecule has 1 aromatic heterocycles. The Morgan fingerprint density at radius 2 is 2.10 bits per heavy atom. The number of nitrogens with zero attached hydrogens (tertiary/aromatic N) is 1. The number of rotatable bonds is 5. The molecule has 2 atom stereocenters. The number of nitro groups is 1. The van der Waals surface area contributed by atoms with Crippen LogP contribution < -0.4 is 16.0 Å². The first kappa shape index (κ1) is 16.1. The standard InChI is InChI=1S/C10H16N4O5S2/c11-12-10-7(14(16)17)5-9(20-10)21(18,19)13-6-3-1-2-4-8(6)15/h5-6,8,12-13,15H,1-4,11H2. The first-order valence-corrected chi connectivity index (χ1v) is 8.60. The molecule has 2 unspecified atom stereocenters. The number of aliphatic hydroxyl groups excluding tert-OH is 1. The van der Waals surface area contributed by atoms with E-state index >= 15 is 0 Å². The lowest BCUT2D eigenvalue weighted by Crippen LogP contribution is -2.44. The van der Waals surface area contributed by atoms with Crippen LogP contribution in [0.4, 0.5) is 10.7 Å². The second-order valence-electron chi connectivity index (χ2n) is 4.76. The third-order valence-corrected chi connectivity index (χ3v) is 6.34. The van der Waals surface area contributed by atoms with Crippen molar-refractivity contribution in [2.75, 3.05) is 5.43 Å². The predicted molar refractivity (Wildman–Crippen MR) is 77.4 cm³/mol. The molecule has 0 saturated heterocycles. The molecule has 0 radical (unpaired) electrons. The van der Waals surface area contributed by atoms with Crippen molar-refractivity contribution in [3.8, 4) is 0 Å². The second-order valence-corrected chi connectivity index (χ2v) is 7.75. The highest BCUT2D eigenvalue weighted by Gasteiger charge is 2.31. The molecule has 9 nitrogen and oxygen atoms in total. The minimum Gasteiger partial charge on any atom is -0.391 e. The molecular weight excluding hydrogens is 320 g/mol. The summed E-state index contributed by atoms with van der Waals surface area (Å²) < 4.78 is 26.7. The summed E-state index contributed by atoms with van der Waals surface area (Å²) >= 11 is 0.675. The Morgan fingerprint density at radius 1 is 1.43 bits per heavy atom. The van der Waals surface area contributed by atoms with Gasteiger partial charge in [-0.05, 0) is 12.8 Å². The lowest BCUT2D eigenvalue weighted by Gasteiger charge is -2.27.